The van der Waals surface area contributed by atoms with Crippen LogP contribution in [0.25, 0.3) is 5.65 Å². The lowest BCUT2D eigenvalue weighted by atomic mass is 9.79. The third-order valence-corrected chi connectivity index (χ3v) is 5.97. The molecule has 0 saturated carbocycles. The molecule has 0 saturated heterocycles. The van der Waals surface area contributed by atoms with Crippen LogP contribution in [0.15, 0.2) is 30.5 Å². The molecule has 1 aromatic carbocycles. The first-order chi connectivity index (χ1) is 13.9. The summed E-state index contributed by atoms with van der Waals surface area (Å²) in [6.45, 7) is 16.4. The van der Waals surface area contributed by atoms with Gasteiger partial charge in [0, 0.05) is 42.9 Å². The van der Waals surface area contributed by atoms with Gasteiger partial charge in [0.05, 0.1) is 11.4 Å². The molecule has 1 amide bonds. The average Bonchev–Trinajstić information content (AvgIpc) is 3.06. The normalized spacial score (nSPS) is 14.8. The molecule has 0 unspecified atom stereocenters. The summed E-state index contributed by atoms with van der Waals surface area (Å²) in [4.78, 5) is 20.0. The highest BCUT2D eigenvalue weighted by atomic mass is 16.2. The number of benzene rings is 1. The average molecular weight is 405 g/mol. The topological polar surface area (TPSA) is 50.5 Å². The van der Waals surface area contributed by atoms with Crippen LogP contribution < -0.4 is 0 Å². The smallest absolute Gasteiger partial charge is 0.254 e. The van der Waals surface area contributed by atoms with Gasteiger partial charge in [0.15, 0.2) is 5.65 Å². The molecule has 0 N–H and O–H groups in total. The minimum atomic E-state index is -0.0156. The van der Waals surface area contributed by atoms with E-state index in [4.69, 9.17) is 0 Å². The van der Waals surface area contributed by atoms with E-state index in [-0.39, 0.29) is 16.7 Å². The predicted octanol–water partition coefficient (Wildman–Crippen LogP) is 4.83. The van der Waals surface area contributed by atoms with E-state index in [9.17, 15) is 4.79 Å². The molecule has 1 aliphatic heterocycles. The minimum Gasteiger partial charge on any atom is -0.334 e. The zero-order valence-electron chi connectivity index (χ0n) is 19.2. The molecule has 4 rings (SSSR count). The number of fused-ring (bicyclic) bond motifs is 3. The summed E-state index contributed by atoms with van der Waals surface area (Å²) >= 11 is 0. The second kappa shape index (κ2) is 6.93. The summed E-state index contributed by atoms with van der Waals surface area (Å²) in [6, 6.07) is 8.39. The number of carbonyl (C=O) groups is 1. The molecular weight excluding hydrogens is 372 g/mol. The van der Waals surface area contributed by atoms with Crippen molar-refractivity contribution in [1.29, 1.82) is 0 Å². The lowest BCUT2D eigenvalue weighted by Crippen LogP contribution is -2.37. The summed E-state index contributed by atoms with van der Waals surface area (Å²) < 4.78 is 1.93. The van der Waals surface area contributed by atoms with E-state index in [0.717, 1.165) is 34.6 Å². The van der Waals surface area contributed by atoms with Crippen molar-refractivity contribution in [2.45, 2.75) is 72.3 Å². The lowest BCUT2D eigenvalue weighted by Gasteiger charge is -2.30. The third kappa shape index (κ3) is 3.73. The number of hydrogen-bond acceptors (Lipinski definition) is 3. The van der Waals surface area contributed by atoms with E-state index in [0.29, 0.717) is 13.1 Å². The summed E-state index contributed by atoms with van der Waals surface area (Å²) in [7, 11) is 0. The highest BCUT2D eigenvalue weighted by Gasteiger charge is 2.27. The fourth-order valence-electron chi connectivity index (χ4n) is 4.03. The van der Waals surface area contributed by atoms with Gasteiger partial charge in [-0.15, -0.1) is 0 Å². The van der Waals surface area contributed by atoms with Crippen LogP contribution in [0.2, 0.25) is 0 Å². The van der Waals surface area contributed by atoms with Crippen LogP contribution in [0.4, 0.5) is 0 Å². The monoisotopic (exact) mass is 404 g/mol. The van der Waals surface area contributed by atoms with Gasteiger partial charge in [-0.05, 0) is 41.0 Å². The molecule has 0 atom stereocenters. The standard InChI is InChI=1S/C25H32N4O/c1-16-10-22-26-14-18-15-28(9-8-21(18)29(22)27-16)23(30)17-11-19(24(2,3)4)13-20(12-17)25(5,6)7/h10-14H,8-9,15H2,1-7H3. The molecule has 0 radical (unpaired) electrons. The SMILES string of the molecule is Cc1cc2ncc3c(n2n1)CCN(C(=O)c1cc(C(C)(C)C)cc(C(C)(C)C)c1)C3. The first kappa shape index (κ1) is 20.6. The summed E-state index contributed by atoms with van der Waals surface area (Å²) in [5, 5.41) is 4.58. The van der Waals surface area contributed by atoms with Crippen LogP contribution in [-0.2, 0) is 23.8 Å². The van der Waals surface area contributed by atoms with Crippen LogP contribution in [0.1, 0.15) is 80.0 Å². The van der Waals surface area contributed by atoms with Gasteiger partial charge in [-0.25, -0.2) is 9.50 Å². The van der Waals surface area contributed by atoms with Crippen molar-refractivity contribution in [1.82, 2.24) is 19.5 Å². The molecule has 5 nitrogen and oxygen atoms in total. The van der Waals surface area contributed by atoms with Gasteiger partial charge in [-0.1, -0.05) is 47.6 Å². The molecule has 0 aliphatic carbocycles. The first-order valence-corrected chi connectivity index (χ1v) is 10.7. The second-order valence-corrected chi connectivity index (χ2v) is 10.6. The number of rotatable bonds is 1. The summed E-state index contributed by atoms with van der Waals surface area (Å²) in [5.74, 6) is 0.0917. The Labute approximate surface area is 179 Å². The Kier molecular flexibility index (Phi) is 4.75. The largest absolute Gasteiger partial charge is 0.334 e. The molecule has 2 aromatic heterocycles. The quantitative estimate of drug-likeness (QED) is 0.584. The van der Waals surface area contributed by atoms with Crippen molar-refractivity contribution in [2.24, 2.45) is 0 Å². The van der Waals surface area contributed by atoms with Crippen LogP contribution in [0.5, 0.6) is 0 Å². The molecule has 1 aliphatic rings. The van der Waals surface area contributed by atoms with Crippen molar-refractivity contribution in [3.8, 4) is 0 Å². The molecule has 3 aromatic rings. The van der Waals surface area contributed by atoms with Gasteiger partial charge in [0.2, 0.25) is 0 Å². The van der Waals surface area contributed by atoms with Crippen LogP contribution in [0.3, 0.4) is 0 Å². The van der Waals surface area contributed by atoms with Gasteiger partial charge < -0.3 is 4.90 Å². The third-order valence-electron chi connectivity index (χ3n) is 5.97. The highest BCUT2D eigenvalue weighted by Crippen LogP contribution is 2.31. The molecule has 158 valence electrons. The summed E-state index contributed by atoms with van der Waals surface area (Å²) in [6.07, 6.45) is 2.68. The van der Waals surface area contributed by atoms with E-state index in [1.807, 2.05) is 28.6 Å². The molecule has 30 heavy (non-hydrogen) atoms. The Morgan fingerprint density at radius 3 is 2.20 bits per heavy atom. The fraction of sp³-hybridized carbons (Fsp3) is 0.480. The Bertz CT molecular complexity index is 1100. The molecule has 0 spiro atoms. The molecule has 3 heterocycles. The van der Waals surface area contributed by atoms with Crippen molar-refractivity contribution >= 4 is 11.6 Å². The number of hydrogen-bond donors (Lipinski definition) is 0. The number of nitrogens with zero attached hydrogens (tertiary/aromatic N) is 4. The van der Waals surface area contributed by atoms with Crippen molar-refractivity contribution in [3.05, 3.63) is 64.1 Å². The molecule has 5 heteroatoms. The van der Waals surface area contributed by atoms with E-state index in [1.54, 1.807) is 0 Å². The van der Waals surface area contributed by atoms with Crippen LogP contribution in [-0.4, -0.2) is 31.9 Å². The van der Waals surface area contributed by atoms with E-state index >= 15 is 0 Å². The number of amides is 1. The Balaban J connectivity index is 1.69. The first-order valence-electron chi connectivity index (χ1n) is 10.7. The summed E-state index contributed by atoms with van der Waals surface area (Å²) in [5.41, 5.74) is 7.22. The van der Waals surface area contributed by atoms with E-state index < -0.39 is 0 Å². The van der Waals surface area contributed by atoms with Crippen LogP contribution >= 0.6 is 0 Å². The molecular formula is C25H32N4O. The van der Waals surface area contributed by atoms with E-state index in [1.165, 1.54) is 11.1 Å². The maximum Gasteiger partial charge on any atom is 0.254 e. The number of aromatic nitrogens is 3. The van der Waals surface area contributed by atoms with Crippen molar-refractivity contribution in [3.63, 3.8) is 0 Å². The Morgan fingerprint density at radius 2 is 1.60 bits per heavy atom. The van der Waals surface area contributed by atoms with Gasteiger partial charge in [-0.3, -0.25) is 4.79 Å². The van der Waals surface area contributed by atoms with Gasteiger partial charge in [0.25, 0.3) is 5.91 Å². The van der Waals surface area contributed by atoms with E-state index in [2.05, 4.69) is 69.8 Å². The maximum atomic E-state index is 13.5. The van der Waals surface area contributed by atoms with Crippen molar-refractivity contribution in [2.75, 3.05) is 6.54 Å². The lowest BCUT2D eigenvalue weighted by molar-refractivity contribution is 0.0732. The zero-order valence-corrected chi connectivity index (χ0v) is 19.2. The van der Waals surface area contributed by atoms with Gasteiger partial charge in [-0.2, -0.15) is 5.10 Å². The predicted molar refractivity (Wildman–Crippen MR) is 120 cm³/mol. The van der Waals surface area contributed by atoms with Crippen LogP contribution in [0, 0.1) is 6.92 Å². The molecule has 0 bridgehead atoms. The Morgan fingerprint density at radius 1 is 0.967 bits per heavy atom. The minimum absolute atomic E-state index is 0.0156. The zero-order chi connectivity index (χ0) is 21.8. The second-order valence-electron chi connectivity index (χ2n) is 10.6. The fourth-order valence-corrected chi connectivity index (χ4v) is 4.03. The van der Waals surface area contributed by atoms with Crippen molar-refractivity contribution < 1.29 is 4.79 Å². The maximum absolute atomic E-state index is 13.5. The number of aryl methyl sites for hydroxylation is 1. The molecule has 0 fully saturated rings. The highest BCUT2D eigenvalue weighted by molar-refractivity contribution is 5.95. The van der Waals surface area contributed by atoms with Gasteiger partial charge in [0.1, 0.15) is 0 Å². The Hall–Kier alpha value is -2.69. The van der Waals surface area contributed by atoms with Gasteiger partial charge >= 0.3 is 0 Å². The number of carbonyl (C=O) groups excluding carboxylic acids is 1.